The molecule has 0 aliphatic carbocycles. The first kappa shape index (κ1) is 14.8. The number of hydrogen-bond donors (Lipinski definition) is 0. The third-order valence-electron chi connectivity index (χ3n) is 4.71. The molecule has 3 rings (SSSR count). The van der Waals surface area contributed by atoms with Gasteiger partial charge < -0.3 is 14.5 Å². The topological polar surface area (TPSA) is 53.1 Å². The second-order valence-corrected chi connectivity index (χ2v) is 6.19. The molecule has 0 N–H and O–H groups in total. The lowest BCUT2D eigenvalue weighted by molar-refractivity contribution is -0.143. The minimum atomic E-state index is -0.220. The van der Waals surface area contributed by atoms with Crippen LogP contribution in [0.3, 0.4) is 0 Å². The van der Waals surface area contributed by atoms with Crippen LogP contribution >= 0.6 is 0 Å². The molecule has 3 aliphatic rings. The monoisotopic (exact) mass is 295 g/mol. The van der Waals surface area contributed by atoms with Crippen LogP contribution in [-0.2, 0) is 14.3 Å². The average Bonchev–Trinajstić information content (AvgIpc) is 3.20. The van der Waals surface area contributed by atoms with E-state index in [4.69, 9.17) is 4.74 Å². The Morgan fingerprint density at radius 1 is 0.905 bits per heavy atom. The van der Waals surface area contributed by atoms with E-state index in [0.717, 1.165) is 51.9 Å². The third kappa shape index (κ3) is 3.55. The van der Waals surface area contributed by atoms with Gasteiger partial charge in [-0.15, -0.1) is 0 Å². The Morgan fingerprint density at radius 3 is 2.24 bits per heavy atom. The van der Waals surface area contributed by atoms with Crippen molar-refractivity contribution in [3.8, 4) is 0 Å². The van der Waals surface area contributed by atoms with Gasteiger partial charge in [0.15, 0.2) is 0 Å². The summed E-state index contributed by atoms with van der Waals surface area (Å²) in [4.78, 5) is 30.4. The fourth-order valence-corrected chi connectivity index (χ4v) is 3.36. The number of hydrogen-bond acceptors (Lipinski definition) is 4. The Balaban J connectivity index is 1.42. The lowest BCUT2D eigenvalue weighted by atomic mass is 10.2. The molecule has 1 unspecified atom stereocenters. The largest absolute Gasteiger partial charge is 0.368 e. The van der Waals surface area contributed by atoms with Crippen LogP contribution in [0.5, 0.6) is 0 Å². The van der Waals surface area contributed by atoms with Crippen LogP contribution in [0.1, 0.15) is 25.7 Å². The van der Waals surface area contributed by atoms with Crippen LogP contribution in [0, 0.1) is 0 Å². The summed E-state index contributed by atoms with van der Waals surface area (Å²) in [5.74, 6) is 0.379. The number of piperazine rings is 1. The first-order valence-corrected chi connectivity index (χ1v) is 8.14. The maximum Gasteiger partial charge on any atom is 0.251 e. The van der Waals surface area contributed by atoms with Crippen molar-refractivity contribution in [1.29, 1.82) is 0 Å². The second-order valence-electron chi connectivity index (χ2n) is 6.19. The van der Waals surface area contributed by atoms with Gasteiger partial charge in [0.05, 0.1) is 6.54 Å². The van der Waals surface area contributed by atoms with Gasteiger partial charge >= 0.3 is 0 Å². The molecular formula is C15H25N3O3. The smallest absolute Gasteiger partial charge is 0.251 e. The summed E-state index contributed by atoms with van der Waals surface area (Å²) in [6.07, 6.45) is 3.89. The number of carbonyl (C=O) groups is 2. The van der Waals surface area contributed by atoms with E-state index >= 15 is 0 Å². The molecule has 0 spiro atoms. The second kappa shape index (κ2) is 6.75. The van der Waals surface area contributed by atoms with E-state index in [9.17, 15) is 9.59 Å². The maximum absolute atomic E-state index is 12.2. The van der Waals surface area contributed by atoms with Crippen molar-refractivity contribution in [1.82, 2.24) is 14.7 Å². The van der Waals surface area contributed by atoms with Gasteiger partial charge in [0.2, 0.25) is 5.91 Å². The van der Waals surface area contributed by atoms with E-state index in [1.165, 1.54) is 0 Å². The Labute approximate surface area is 126 Å². The Morgan fingerprint density at radius 2 is 1.62 bits per heavy atom. The SMILES string of the molecule is O=C(CN1CCN(C(=O)C2CCCO2)CC1)N1CCCC1. The number of nitrogens with zero attached hydrogens (tertiary/aromatic N) is 3. The van der Waals surface area contributed by atoms with Gasteiger partial charge in [-0.25, -0.2) is 0 Å². The molecule has 0 bridgehead atoms. The summed E-state index contributed by atoms with van der Waals surface area (Å²) in [6, 6.07) is 0. The zero-order chi connectivity index (χ0) is 14.7. The van der Waals surface area contributed by atoms with Crippen molar-refractivity contribution < 1.29 is 14.3 Å². The quantitative estimate of drug-likeness (QED) is 0.731. The highest BCUT2D eigenvalue weighted by molar-refractivity contribution is 5.81. The molecule has 6 heteroatoms. The molecule has 0 radical (unpaired) electrons. The Bertz CT molecular complexity index is 382. The van der Waals surface area contributed by atoms with E-state index in [2.05, 4.69) is 4.90 Å². The zero-order valence-corrected chi connectivity index (χ0v) is 12.6. The highest BCUT2D eigenvalue weighted by Gasteiger charge is 2.31. The average molecular weight is 295 g/mol. The lowest BCUT2D eigenvalue weighted by Gasteiger charge is -2.35. The van der Waals surface area contributed by atoms with Crippen molar-refractivity contribution in [2.45, 2.75) is 31.8 Å². The molecule has 21 heavy (non-hydrogen) atoms. The minimum Gasteiger partial charge on any atom is -0.368 e. The summed E-state index contributed by atoms with van der Waals surface area (Å²) in [5, 5.41) is 0. The zero-order valence-electron chi connectivity index (χ0n) is 12.6. The van der Waals surface area contributed by atoms with Crippen LogP contribution in [0.2, 0.25) is 0 Å². The number of ether oxygens (including phenoxy) is 1. The van der Waals surface area contributed by atoms with Crippen LogP contribution in [0.4, 0.5) is 0 Å². The number of rotatable bonds is 3. The molecule has 0 aromatic heterocycles. The lowest BCUT2D eigenvalue weighted by Crippen LogP contribution is -2.53. The van der Waals surface area contributed by atoms with Gasteiger partial charge in [-0.2, -0.15) is 0 Å². The van der Waals surface area contributed by atoms with Crippen molar-refractivity contribution >= 4 is 11.8 Å². The summed E-state index contributed by atoms with van der Waals surface area (Å²) >= 11 is 0. The van der Waals surface area contributed by atoms with Gasteiger partial charge in [0, 0.05) is 45.9 Å². The molecule has 0 aromatic carbocycles. The summed E-state index contributed by atoms with van der Waals surface area (Å²) < 4.78 is 5.46. The molecule has 6 nitrogen and oxygen atoms in total. The van der Waals surface area contributed by atoms with E-state index in [1.807, 2.05) is 9.80 Å². The van der Waals surface area contributed by atoms with Gasteiger partial charge in [0.25, 0.3) is 5.91 Å². The van der Waals surface area contributed by atoms with Crippen molar-refractivity contribution in [3.63, 3.8) is 0 Å². The highest BCUT2D eigenvalue weighted by atomic mass is 16.5. The first-order valence-electron chi connectivity index (χ1n) is 8.14. The fraction of sp³-hybridized carbons (Fsp3) is 0.867. The van der Waals surface area contributed by atoms with Crippen molar-refractivity contribution in [2.75, 3.05) is 52.4 Å². The molecule has 3 saturated heterocycles. The predicted molar refractivity (Wildman–Crippen MR) is 77.8 cm³/mol. The number of amides is 2. The summed E-state index contributed by atoms with van der Waals surface area (Å²) in [6.45, 7) is 6.04. The predicted octanol–water partition coefficient (Wildman–Crippen LogP) is -0.0680. The standard InChI is InChI=1S/C15H25N3O3/c19-14(17-5-1-2-6-17)12-16-7-9-18(10-8-16)15(20)13-4-3-11-21-13/h13H,1-12H2. The number of carbonyl (C=O) groups excluding carboxylic acids is 2. The molecule has 0 aromatic rings. The molecule has 0 saturated carbocycles. The van der Waals surface area contributed by atoms with Crippen LogP contribution in [0.25, 0.3) is 0 Å². The molecule has 3 heterocycles. The summed E-state index contributed by atoms with van der Waals surface area (Å²) in [5.41, 5.74) is 0. The molecule has 2 amide bonds. The van der Waals surface area contributed by atoms with Crippen molar-refractivity contribution in [3.05, 3.63) is 0 Å². The molecule has 3 fully saturated rings. The number of likely N-dealkylation sites (tertiary alicyclic amines) is 1. The molecular weight excluding hydrogens is 270 g/mol. The first-order chi connectivity index (χ1) is 10.2. The molecule has 3 aliphatic heterocycles. The van der Waals surface area contributed by atoms with Crippen LogP contribution in [-0.4, -0.2) is 85.0 Å². The molecule has 118 valence electrons. The van der Waals surface area contributed by atoms with Crippen molar-refractivity contribution in [2.24, 2.45) is 0 Å². The van der Waals surface area contributed by atoms with E-state index in [1.54, 1.807) is 0 Å². The van der Waals surface area contributed by atoms with E-state index < -0.39 is 0 Å². The molecule has 1 atom stereocenters. The van der Waals surface area contributed by atoms with Gasteiger partial charge in [-0.1, -0.05) is 0 Å². The van der Waals surface area contributed by atoms with E-state index in [0.29, 0.717) is 26.2 Å². The van der Waals surface area contributed by atoms with Crippen LogP contribution < -0.4 is 0 Å². The Kier molecular flexibility index (Phi) is 4.75. The Hall–Kier alpha value is -1.14. The van der Waals surface area contributed by atoms with Gasteiger partial charge in [-0.3, -0.25) is 14.5 Å². The van der Waals surface area contributed by atoms with Gasteiger partial charge in [-0.05, 0) is 25.7 Å². The van der Waals surface area contributed by atoms with E-state index in [-0.39, 0.29) is 17.9 Å². The fourth-order valence-electron chi connectivity index (χ4n) is 3.36. The third-order valence-corrected chi connectivity index (χ3v) is 4.71. The normalized spacial score (nSPS) is 27.3. The summed E-state index contributed by atoms with van der Waals surface area (Å²) in [7, 11) is 0. The highest BCUT2D eigenvalue weighted by Crippen LogP contribution is 2.16. The van der Waals surface area contributed by atoms with Gasteiger partial charge in [0.1, 0.15) is 6.10 Å². The minimum absolute atomic E-state index is 0.137. The maximum atomic E-state index is 12.2. The van der Waals surface area contributed by atoms with Crippen LogP contribution in [0.15, 0.2) is 0 Å².